The van der Waals surface area contributed by atoms with E-state index in [1.54, 1.807) is 6.20 Å². The lowest BCUT2D eigenvalue weighted by Gasteiger charge is -2.10. The molecule has 4 heteroatoms. The van der Waals surface area contributed by atoms with E-state index in [0.29, 0.717) is 0 Å². The van der Waals surface area contributed by atoms with Gasteiger partial charge in [0, 0.05) is 24.2 Å². The molecule has 0 saturated carbocycles. The molecule has 4 heterocycles. The number of hydrogen-bond acceptors (Lipinski definition) is 3. The van der Waals surface area contributed by atoms with Crippen molar-refractivity contribution in [2.75, 3.05) is 0 Å². The number of fused-ring (bicyclic) bond motifs is 5. The van der Waals surface area contributed by atoms with E-state index in [9.17, 15) is 0 Å². The van der Waals surface area contributed by atoms with Crippen molar-refractivity contribution in [2.24, 2.45) is 0 Å². The first kappa shape index (κ1) is 18.0. The molecule has 0 fully saturated rings. The minimum Gasteiger partial charge on any atom is -0.298 e. The van der Waals surface area contributed by atoms with Crippen molar-refractivity contribution in [1.29, 1.82) is 0 Å². The zero-order chi connectivity index (χ0) is 21.8. The highest BCUT2D eigenvalue weighted by Crippen LogP contribution is 2.30. The second kappa shape index (κ2) is 6.97. The molecular formula is C29H18N4. The molecule has 33 heavy (non-hydrogen) atoms. The molecule has 0 unspecified atom stereocenters. The van der Waals surface area contributed by atoms with Gasteiger partial charge < -0.3 is 0 Å². The molecule has 7 aromatic rings. The fourth-order valence-corrected chi connectivity index (χ4v) is 4.62. The van der Waals surface area contributed by atoms with Gasteiger partial charge in [-0.05, 0) is 75.6 Å². The van der Waals surface area contributed by atoms with Crippen LogP contribution >= 0.6 is 0 Å². The van der Waals surface area contributed by atoms with Gasteiger partial charge in [-0.3, -0.25) is 9.38 Å². The number of benzene rings is 3. The largest absolute Gasteiger partial charge is 0.298 e. The molecule has 0 aliphatic rings. The molecule has 0 atom stereocenters. The van der Waals surface area contributed by atoms with Gasteiger partial charge in [0.2, 0.25) is 0 Å². The summed E-state index contributed by atoms with van der Waals surface area (Å²) < 4.78 is 2.09. The fourth-order valence-electron chi connectivity index (χ4n) is 4.62. The highest BCUT2D eigenvalue weighted by Gasteiger charge is 2.13. The molecule has 0 N–H and O–H groups in total. The summed E-state index contributed by atoms with van der Waals surface area (Å²) in [7, 11) is 0. The number of pyridine rings is 2. The lowest BCUT2D eigenvalue weighted by molar-refractivity contribution is 1.16. The summed E-state index contributed by atoms with van der Waals surface area (Å²) in [6.45, 7) is 0. The van der Waals surface area contributed by atoms with Gasteiger partial charge in [0.15, 0.2) is 5.65 Å². The van der Waals surface area contributed by atoms with Crippen molar-refractivity contribution >= 4 is 38.2 Å². The zero-order valence-electron chi connectivity index (χ0n) is 17.7. The summed E-state index contributed by atoms with van der Waals surface area (Å²) in [4.78, 5) is 14.3. The molecule has 0 aliphatic heterocycles. The Balaban J connectivity index is 1.43. The summed E-state index contributed by atoms with van der Waals surface area (Å²) in [5.41, 5.74) is 6.56. The average molecular weight is 422 g/mol. The fraction of sp³-hybridized carbons (Fsp3) is 0. The van der Waals surface area contributed by atoms with Crippen molar-refractivity contribution in [3.05, 3.63) is 110 Å². The van der Waals surface area contributed by atoms with Gasteiger partial charge in [0.1, 0.15) is 11.2 Å². The maximum atomic E-state index is 4.99. The Kier molecular flexibility index (Phi) is 3.81. The van der Waals surface area contributed by atoms with Crippen LogP contribution in [0.5, 0.6) is 0 Å². The van der Waals surface area contributed by atoms with Crippen LogP contribution in [-0.2, 0) is 0 Å². The normalized spacial score (nSPS) is 11.6. The van der Waals surface area contributed by atoms with Gasteiger partial charge >= 0.3 is 0 Å². The molecule has 7 rings (SSSR count). The summed E-state index contributed by atoms with van der Waals surface area (Å²) in [5, 5.41) is 4.95. The van der Waals surface area contributed by atoms with Crippen molar-refractivity contribution in [2.45, 2.75) is 0 Å². The third-order valence-electron chi connectivity index (χ3n) is 6.24. The summed E-state index contributed by atoms with van der Waals surface area (Å²) >= 11 is 0. The Morgan fingerprint density at radius 2 is 1.42 bits per heavy atom. The minimum atomic E-state index is 0.838. The van der Waals surface area contributed by atoms with Crippen LogP contribution in [0.15, 0.2) is 110 Å². The topological polar surface area (TPSA) is 43.1 Å². The quantitative estimate of drug-likeness (QED) is 0.284. The van der Waals surface area contributed by atoms with Crippen LogP contribution in [-0.4, -0.2) is 19.4 Å². The molecule has 154 valence electrons. The van der Waals surface area contributed by atoms with Crippen molar-refractivity contribution in [3.63, 3.8) is 0 Å². The Labute approximate surface area is 189 Å². The minimum absolute atomic E-state index is 0.838. The molecule has 0 saturated heterocycles. The van der Waals surface area contributed by atoms with E-state index in [1.807, 2.05) is 36.7 Å². The van der Waals surface area contributed by atoms with Gasteiger partial charge in [-0.2, -0.15) is 0 Å². The van der Waals surface area contributed by atoms with Crippen molar-refractivity contribution in [1.82, 2.24) is 19.4 Å². The van der Waals surface area contributed by atoms with Crippen LogP contribution < -0.4 is 0 Å². The molecule has 0 spiro atoms. The Morgan fingerprint density at radius 3 is 2.27 bits per heavy atom. The molecule has 0 aliphatic carbocycles. The van der Waals surface area contributed by atoms with Crippen LogP contribution in [0, 0.1) is 0 Å². The van der Waals surface area contributed by atoms with E-state index >= 15 is 0 Å². The van der Waals surface area contributed by atoms with E-state index in [-0.39, 0.29) is 0 Å². The lowest BCUT2D eigenvalue weighted by atomic mass is 9.99. The molecule has 0 amide bonds. The van der Waals surface area contributed by atoms with E-state index in [2.05, 4.69) is 76.1 Å². The standard InChI is InChI=1S/C29H18N4/c1-2-7-20-15-23-16-22(11-10-21(23)14-19(20)6-1)24-17-26-29(31-18-24)33-13-5-9-27(33)28(32-26)25-8-3-4-12-30-25/h1-18H. The zero-order valence-corrected chi connectivity index (χ0v) is 17.7. The Bertz CT molecular complexity index is 1820. The predicted octanol–water partition coefficient (Wildman–Crippen LogP) is 6.92. The molecule has 0 bridgehead atoms. The molecule has 4 aromatic heterocycles. The van der Waals surface area contributed by atoms with Crippen LogP contribution in [0.25, 0.3) is 60.7 Å². The first-order valence-corrected chi connectivity index (χ1v) is 10.9. The van der Waals surface area contributed by atoms with Gasteiger partial charge in [-0.15, -0.1) is 0 Å². The number of rotatable bonds is 2. The second-order valence-electron chi connectivity index (χ2n) is 8.27. The van der Waals surface area contributed by atoms with Gasteiger partial charge in [0.25, 0.3) is 0 Å². The summed E-state index contributed by atoms with van der Waals surface area (Å²) in [6.07, 6.45) is 5.76. The maximum Gasteiger partial charge on any atom is 0.163 e. The summed E-state index contributed by atoms with van der Waals surface area (Å²) in [5.74, 6) is 0. The van der Waals surface area contributed by atoms with Crippen LogP contribution in [0.3, 0.4) is 0 Å². The number of aromatic nitrogens is 4. The van der Waals surface area contributed by atoms with Crippen LogP contribution in [0.4, 0.5) is 0 Å². The highest BCUT2D eigenvalue weighted by atomic mass is 15.0. The smallest absolute Gasteiger partial charge is 0.163 e. The second-order valence-corrected chi connectivity index (χ2v) is 8.27. The number of nitrogens with zero attached hydrogens (tertiary/aromatic N) is 4. The number of hydrogen-bond donors (Lipinski definition) is 0. The molecule has 0 radical (unpaired) electrons. The first-order chi connectivity index (χ1) is 16.3. The molecule has 3 aromatic carbocycles. The lowest BCUT2D eigenvalue weighted by Crippen LogP contribution is -1.98. The van der Waals surface area contributed by atoms with E-state index in [4.69, 9.17) is 9.97 Å². The van der Waals surface area contributed by atoms with Crippen LogP contribution in [0.1, 0.15) is 0 Å². The Morgan fingerprint density at radius 1 is 0.606 bits per heavy atom. The van der Waals surface area contributed by atoms with Crippen molar-refractivity contribution < 1.29 is 0 Å². The third kappa shape index (κ3) is 2.88. The SMILES string of the molecule is c1ccc(-c2nc3cc(-c4ccc5cc6ccccc6cc5c4)cnc3n3cccc23)nc1. The first-order valence-electron chi connectivity index (χ1n) is 10.9. The van der Waals surface area contributed by atoms with E-state index in [0.717, 1.165) is 39.2 Å². The van der Waals surface area contributed by atoms with Crippen molar-refractivity contribution in [3.8, 4) is 22.5 Å². The molecular weight excluding hydrogens is 404 g/mol. The third-order valence-corrected chi connectivity index (χ3v) is 6.24. The summed E-state index contributed by atoms with van der Waals surface area (Å²) in [6, 6.07) is 31.6. The molecule has 4 nitrogen and oxygen atoms in total. The van der Waals surface area contributed by atoms with Gasteiger partial charge in [-0.25, -0.2) is 9.97 Å². The maximum absolute atomic E-state index is 4.99. The van der Waals surface area contributed by atoms with Gasteiger partial charge in [0.05, 0.1) is 11.2 Å². The van der Waals surface area contributed by atoms with Gasteiger partial charge in [-0.1, -0.05) is 42.5 Å². The van der Waals surface area contributed by atoms with E-state index < -0.39 is 0 Å². The highest BCUT2D eigenvalue weighted by molar-refractivity contribution is 6.00. The predicted molar refractivity (Wildman–Crippen MR) is 134 cm³/mol. The average Bonchev–Trinajstić information content (AvgIpc) is 3.37. The van der Waals surface area contributed by atoms with Crippen LogP contribution in [0.2, 0.25) is 0 Å². The van der Waals surface area contributed by atoms with E-state index in [1.165, 1.54) is 21.5 Å². The monoisotopic (exact) mass is 422 g/mol. The Hall–Kier alpha value is -4.57.